The minimum Gasteiger partial charge on any atom is -0.508 e. The molecular formula is C32H34ClN3O5. The van der Waals surface area contributed by atoms with Crippen molar-refractivity contribution in [1.82, 2.24) is 10.2 Å². The Morgan fingerprint density at radius 1 is 1.02 bits per heavy atom. The number of carbonyl (C=O) groups is 3. The van der Waals surface area contributed by atoms with Crippen molar-refractivity contribution >= 4 is 35.2 Å². The van der Waals surface area contributed by atoms with E-state index in [9.17, 15) is 19.5 Å². The summed E-state index contributed by atoms with van der Waals surface area (Å²) in [5.41, 5.74) is 1.85. The number of hydrogen-bond acceptors (Lipinski definition) is 5. The van der Waals surface area contributed by atoms with E-state index in [-0.39, 0.29) is 12.2 Å². The molecule has 0 aliphatic carbocycles. The molecule has 3 N–H and O–H groups in total. The zero-order valence-corrected chi connectivity index (χ0v) is 24.5. The van der Waals surface area contributed by atoms with Gasteiger partial charge in [-0.2, -0.15) is 0 Å². The van der Waals surface area contributed by atoms with Crippen molar-refractivity contribution in [3.63, 3.8) is 0 Å². The first-order chi connectivity index (χ1) is 19.3. The maximum atomic E-state index is 14.1. The van der Waals surface area contributed by atoms with Crippen LogP contribution < -0.4 is 10.6 Å². The average Bonchev–Trinajstić information content (AvgIpc) is 2.90. The summed E-state index contributed by atoms with van der Waals surface area (Å²) in [5, 5.41) is 15.9. The highest BCUT2D eigenvalue weighted by atomic mass is 35.5. The summed E-state index contributed by atoms with van der Waals surface area (Å²) in [5.74, 6) is -1.32. The lowest BCUT2D eigenvalue weighted by molar-refractivity contribution is -0.136. The van der Waals surface area contributed by atoms with Crippen molar-refractivity contribution in [2.45, 2.75) is 58.7 Å². The van der Waals surface area contributed by atoms with Gasteiger partial charge in [0.25, 0.3) is 11.8 Å². The SMILES string of the molecule is C#CN(C(=O)C(Cc1ccccc1)NC(=O)OC(C)(C)C)C(C(=O)Nc1c(C)cccc1Cl)c1ccc(O)c(C)c1. The third kappa shape index (κ3) is 8.26. The Morgan fingerprint density at radius 3 is 2.29 bits per heavy atom. The smallest absolute Gasteiger partial charge is 0.408 e. The van der Waals surface area contributed by atoms with Gasteiger partial charge in [0.15, 0.2) is 0 Å². The van der Waals surface area contributed by atoms with Gasteiger partial charge in [-0.25, -0.2) is 4.79 Å². The molecule has 0 saturated carbocycles. The van der Waals surface area contributed by atoms with Crippen LogP contribution in [-0.2, 0) is 20.7 Å². The van der Waals surface area contributed by atoms with Crippen LogP contribution in [0.3, 0.4) is 0 Å². The number of aryl methyl sites for hydroxylation is 2. The average molecular weight is 576 g/mol. The molecule has 214 valence electrons. The summed E-state index contributed by atoms with van der Waals surface area (Å²) >= 11 is 6.37. The number of alkyl carbamates (subject to hydrolysis) is 1. The van der Waals surface area contributed by atoms with Gasteiger partial charge in [-0.15, -0.1) is 0 Å². The standard InChI is InChI=1S/C32H34ClN3O5/c1-7-36(30(39)25(19-22-13-9-8-10-14-22)34-31(40)41-32(4,5)6)28(23-16-17-26(37)21(3)18-23)29(38)35-27-20(2)12-11-15-24(27)33/h1,8-18,25,28,37H,19H2,2-6H3,(H,34,40)(H,35,38). The topological polar surface area (TPSA) is 108 Å². The fourth-order valence-corrected chi connectivity index (χ4v) is 4.45. The van der Waals surface area contributed by atoms with Crippen molar-refractivity contribution < 1.29 is 24.2 Å². The minimum atomic E-state index is -1.33. The number of carbonyl (C=O) groups excluding carboxylic acids is 3. The van der Waals surface area contributed by atoms with Gasteiger partial charge in [0, 0.05) is 12.5 Å². The summed E-state index contributed by atoms with van der Waals surface area (Å²) in [6, 6.07) is 18.6. The molecule has 3 rings (SSSR count). The third-order valence-corrected chi connectivity index (χ3v) is 6.48. The number of nitrogens with zero attached hydrogens (tertiary/aromatic N) is 1. The lowest BCUT2D eigenvalue weighted by atomic mass is 9.99. The van der Waals surface area contributed by atoms with E-state index in [1.807, 2.05) is 30.3 Å². The van der Waals surface area contributed by atoms with E-state index in [1.54, 1.807) is 58.9 Å². The number of amides is 3. The van der Waals surface area contributed by atoms with Crippen LogP contribution in [0.2, 0.25) is 5.02 Å². The summed E-state index contributed by atoms with van der Waals surface area (Å²) in [6.45, 7) is 8.57. The molecule has 8 nitrogen and oxygen atoms in total. The molecule has 3 aromatic rings. The van der Waals surface area contributed by atoms with Crippen molar-refractivity contribution in [3.05, 3.63) is 94.0 Å². The van der Waals surface area contributed by atoms with Gasteiger partial charge in [-0.05, 0) is 75.1 Å². The number of anilines is 1. The van der Waals surface area contributed by atoms with E-state index in [1.165, 1.54) is 12.1 Å². The Labute approximate surface area is 245 Å². The van der Waals surface area contributed by atoms with Crippen molar-refractivity contribution in [2.24, 2.45) is 0 Å². The maximum absolute atomic E-state index is 14.1. The molecule has 0 fully saturated rings. The Morgan fingerprint density at radius 2 is 1.71 bits per heavy atom. The van der Waals surface area contributed by atoms with Crippen molar-refractivity contribution in [2.75, 3.05) is 5.32 Å². The lowest BCUT2D eigenvalue weighted by Gasteiger charge is -2.31. The number of nitrogens with one attached hydrogen (secondary N) is 2. The number of ether oxygens (including phenoxy) is 1. The first-order valence-corrected chi connectivity index (χ1v) is 13.4. The lowest BCUT2D eigenvalue weighted by Crippen LogP contribution is -2.51. The second kappa shape index (κ2) is 13.2. The predicted octanol–water partition coefficient (Wildman–Crippen LogP) is 5.90. The zero-order chi connectivity index (χ0) is 30.3. The highest BCUT2D eigenvalue weighted by Crippen LogP contribution is 2.31. The van der Waals surface area contributed by atoms with Crippen LogP contribution in [0.15, 0.2) is 66.7 Å². The molecule has 0 heterocycles. The Bertz CT molecular complexity index is 1440. The molecular weight excluding hydrogens is 542 g/mol. The largest absolute Gasteiger partial charge is 0.508 e. The summed E-state index contributed by atoms with van der Waals surface area (Å²) in [6.07, 6.45) is 5.17. The number of benzene rings is 3. The summed E-state index contributed by atoms with van der Waals surface area (Å²) in [7, 11) is 0. The molecule has 0 saturated heterocycles. The molecule has 2 unspecified atom stereocenters. The fraction of sp³-hybridized carbons (Fsp3) is 0.281. The Hall–Kier alpha value is -4.48. The fourth-order valence-electron chi connectivity index (χ4n) is 4.18. The van der Waals surface area contributed by atoms with Gasteiger partial charge in [-0.1, -0.05) is 66.6 Å². The van der Waals surface area contributed by atoms with Gasteiger partial charge in [0.2, 0.25) is 0 Å². The Kier molecular flexibility index (Phi) is 10.0. The van der Waals surface area contributed by atoms with Crippen LogP contribution in [0, 0.1) is 26.3 Å². The first kappa shape index (κ1) is 31.1. The molecule has 3 aromatic carbocycles. The minimum absolute atomic E-state index is 0.0157. The van der Waals surface area contributed by atoms with E-state index >= 15 is 0 Å². The number of aromatic hydroxyl groups is 1. The van der Waals surface area contributed by atoms with Crippen LogP contribution in [0.25, 0.3) is 0 Å². The maximum Gasteiger partial charge on any atom is 0.408 e. The molecule has 2 atom stereocenters. The predicted molar refractivity (Wildman–Crippen MR) is 159 cm³/mol. The van der Waals surface area contributed by atoms with E-state index in [0.717, 1.165) is 10.5 Å². The number of phenols is 1. The Balaban J connectivity index is 2.06. The number of hydrogen-bond donors (Lipinski definition) is 3. The van der Waals surface area contributed by atoms with Gasteiger partial charge < -0.3 is 20.5 Å². The van der Waals surface area contributed by atoms with E-state index in [4.69, 9.17) is 22.8 Å². The van der Waals surface area contributed by atoms with Gasteiger partial charge in [-0.3, -0.25) is 14.5 Å². The number of rotatable bonds is 8. The van der Waals surface area contributed by atoms with Crippen molar-refractivity contribution in [1.29, 1.82) is 0 Å². The molecule has 0 spiro atoms. The second-order valence-corrected chi connectivity index (χ2v) is 11.0. The molecule has 0 aliphatic heterocycles. The number of halogens is 1. The first-order valence-electron chi connectivity index (χ1n) is 13.0. The molecule has 0 aromatic heterocycles. The monoisotopic (exact) mass is 575 g/mol. The number of para-hydroxylation sites is 1. The van der Waals surface area contributed by atoms with E-state index < -0.39 is 35.6 Å². The van der Waals surface area contributed by atoms with Gasteiger partial charge in [0.1, 0.15) is 23.4 Å². The normalized spacial score (nSPS) is 12.4. The second-order valence-electron chi connectivity index (χ2n) is 10.6. The van der Waals surface area contributed by atoms with Crippen LogP contribution in [0.5, 0.6) is 5.75 Å². The zero-order valence-electron chi connectivity index (χ0n) is 23.7. The highest BCUT2D eigenvalue weighted by Gasteiger charge is 2.36. The third-order valence-electron chi connectivity index (χ3n) is 6.16. The van der Waals surface area contributed by atoms with E-state index in [0.29, 0.717) is 27.4 Å². The van der Waals surface area contributed by atoms with Gasteiger partial charge in [0.05, 0.1) is 10.7 Å². The quantitative estimate of drug-likeness (QED) is 0.229. The van der Waals surface area contributed by atoms with Crippen LogP contribution in [0.1, 0.15) is 49.1 Å². The molecule has 0 bridgehead atoms. The number of terminal acetylenes is 1. The summed E-state index contributed by atoms with van der Waals surface area (Å²) < 4.78 is 5.40. The van der Waals surface area contributed by atoms with Crippen molar-refractivity contribution in [3.8, 4) is 18.2 Å². The molecule has 9 heteroatoms. The van der Waals surface area contributed by atoms with Gasteiger partial charge >= 0.3 is 6.09 Å². The molecule has 0 radical (unpaired) electrons. The number of phenolic OH excluding ortho intramolecular Hbond substituents is 1. The molecule has 3 amide bonds. The van der Waals surface area contributed by atoms with Crippen LogP contribution >= 0.6 is 11.6 Å². The summed E-state index contributed by atoms with van der Waals surface area (Å²) in [4.78, 5) is 41.7. The van der Waals surface area contributed by atoms with E-state index in [2.05, 4.69) is 16.7 Å². The van der Waals surface area contributed by atoms with Crippen LogP contribution in [-0.4, -0.2) is 39.6 Å². The molecule has 0 aliphatic rings. The highest BCUT2D eigenvalue weighted by molar-refractivity contribution is 6.34. The van der Waals surface area contributed by atoms with Crippen LogP contribution in [0.4, 0.5) is 10.5 Å². The molecule has 41 heavy (non-hydrogen) atoms.